The number of rotatable bonds is 2. The first-order valence-corrected chi connectivity index (χ1v) is 6.72. The van der Waals surface area contributed by atoms with Crippen molar-refractivity contribution >= 4 is 16.7 Å². The van der Waals surface area contributed by atoms with Gasteiger partial charge in [0.1, 0.15) is 5.78 Å². The third kappa shape index (κ3) is 1.94. The molecule has 19 heavy (non-hydrogen) atoms. The lowest BCUT2D eigenvalue weighted by atomic mass is 9.86. The second-order valence-corrected chi connectivity index (χ2v) is 5.37. The average Bonchev–Trinajstić information content (AvgIpc) is 3.03. The van der Waals surface area contributed by atoms with Crippen molar-refractivity contribution in [2.75, 3.05) is 0 Å². The summed E-state index contributed by atoms with van der Waals surface area (Å²) in [5, 5.41) is 10.1. The lowest BCUT2D eigenvalue weighted by Crippen LogP contribution is -2.14. The minimum absolute atomic E-state index is 0.143. The number of fused-ring (bicyclic) bond motifs is 1. The highest BCUT2D eigenvalue weighted by Crippen LogP contribution is 2.42. The van der Waals surface area contributed by atoms with Crippen LogP contribution in [0.25, 0.3) is 10.9 Å². The van der Waals surface area contributed by atoms with Gasteiger partial charge in [-0.25, -0.2) is 0 Å². The number of Topliss-reactive ketones (excluding diaryl/α,β-unsaturated/α-hetero) is 1. The van der Waals surface area contributed by atoms with E-state index >= 15 is 0 Å². The topological polar surface area (TPSA) is 56.6 Å². The molecule has 1 aromatic heterocycles. The minimum Gasteiger partial charge on any atom is -0.361 e. The van der Waals surface area contributed by atoms with Crippen LogP contribution in [0.3, 0.4) is 0 Å². The molecule has 1 saturated carbocycles. The summed E-state index contributed by atoms with van der Waals surface area (Å²) in [5.74, 6) is 0.734. The Morgan fingerprint density at radius 1 is 1.42 bits per heavy atom. The van der Waals surface area contributed by atoms with Crippen molar-refractivity contribution in [1.82, 2.24) is 4.98 Å². The fourth-order valence-corrected chi connectivity index (χ4v) is 3.34. The number of hydrogen-bond donors (Lipinski definition) is 1. The highest BCUT2D eigenvalue weighted by atomic mass is 16.1. The molecular weight excluding hydrogens is 236 g/mol. The number of nitrogens with one attached hydrogen (secondary N) is 1. The Kier molecular flexibility index (Phi) is 2.87. The van der Waals surface area contributed by atoms with Crippen molar-refractivity contribution in [2.45, 2.75) is 32.1 Å². The van der Waals surface area contributed by atoms with Gasteiger partial charge in [0, 0.05) is 23.0 Å². The Bertz CT molecular complexity index is 678. The maximum atomic E-state index is 11.7. The third-order valence-corrected chi connectivity index (χ3v) is 4.28. The van der Waals surface area contributed by atoms with Gasteiger partial charge in [-0.15, -0.1) is 0 Å². The molecular formula is C16H16N2O. The molecule has 1 aliphatic carbocycles. The first-order valence-electron chi connectivity index (χ1n) is 6.72. The van der Waals surface area contributed by atoms with Gasteiger partial charge in [0.15, 0.2) is 0 Å². The molecule has 3 nitrogen and oxygen atoms in total. The molecule has 3 rings (SSSR count). The zero-order valence-electron chi connectivity index (χ0n) is 10.9. The van der Waals surface area contributed by atoms with Gasteiger partial charge in [-0.1, -0.05) is 6.42 Å². The largest absolute Gasteiger partial charge is 0.361 e. The van der Waals surface area contributed by atoms with Gasteiger partial charge < -0.3 is 4.98 Å². The lowest BCUT2D eigenvalue weighted by molar-refractivity contribution is -0.120. The number of carbonyl (C=O) groups is 1. The summed E-state index contributed by atoms with van der Waals surface area (Å²) in [7, 11) is 0. The second kappa shape index (κ2) is 4.55. The van der Waals surface area contributed by atoms with Crippen LogP contribution < -0.4 is 0 Å². The molecule has 2 atom stereocenters. The molecule has 1 aromatic carbocycles. The lowest BCUT2D eigenvalue weighted by Gasteiger charge is -2.16. The van der Waals surface area contributed by atoms with Gasteiger partial charge >= 0.3 is 0 Å². The molecule has 1 N–H and O–H groups in total. The van der Waals surface area contributed by atoms with Gasteiger partial charge in [0.2, 0.25) is 0 Å². The van der Waals surface area contributed by atoms with E-state index in [1.807, 2.05) is 24.4 Å². The van der Waals surface area contributed by atoms with Crippen LogP contribution in [-0.4, -0.2) is 10.8 Å². The average molecular weight is 252 g/mol. The third-order valence-electron chi connectivity index (χ3n) is 4.28. The zero-order valence-corrected chi connectivity index (χ0v) is 10.9. The summed E-state index contributed by atoms with van der Waals surface area (Å²) in [5.41, 5.74) is 2.92. The number of ketones is 1. The maximum Gasteiger partial charge on any atom is 0.133 e. The van der Waals surface area contributed by atoms with Crippen LogP contribution in [0, 0.1) is 17.2 Å². The van der Waals surface area contributed by atoms with E-state index in [0.717, 1.165) is 30.2 Å². The molecule has 1 heterocycles. The summed E-state index contributed by atoms with van der Waals surface area (Å²) >= 11 is 0. The van der Waals surface area contributed by atoms with E-state index in [-0.39, 0.29) is 11.7 Å². The standard InChI is InChI=1S/C16H16N2O/c1-10(19)12-3-2-4-13(12)15-9-18-16-6-5-11(8-17)7-14(15)16/h5-7,9,12-13,18H,2-4H2,1H3. The van der Waals surface area contributed by atoms with Crippen LogP contribution in [0.2, 0.25) is 0 Å². The van der Waals surface area contributed by atoms with Crippen molar-refractivity contribution in [3.63, 3.8) is 0 Å². The van der Waals surface area contributed by atoms with Crippen LogP contribution >= 0.6 is 0 Å². The van der Waals surface area contributed by atoms with Crippen molar-refractivity contribution in [2.24, 2.45) is 5.92 Å². The Hall–Kier alpha value is -2.08. The molecule has 0 aliphatic heterocycles. The summed E-state index contributed by atoms with van der Waals surface area (Å²) < 4.78 is 0. The summed E-state index contributed by atoms with van der Waals surface area (Å²) in [6.45, 7) is 1.69. The van der Waals surface area contributed by atoms with Gasteiger partial charge in [0.25, 0.3) is 0 Å². The van der Waals surface area contributed by atoms with Gasteiger partial charge in [-0.3, -0.25) is 4.79 Å². The van der Waals surface area contributed by atoms with E-state index in [2.05, 4.69) is 11.1 Å². The molecule has 0 saturated heterocycles. The fraction of sp³-hybridized carbons (Fsp3) is 0.375. The molecule has 0 bridgehead atoms. The van der Waals surface area contributed by atoms with Gasteiger partial charge in [-0.2, -0.15) is 5.26 Å². The molecule has 1 aliphatic rings. The first-order chi connectivity index (χ1) is 9.20. The molecule has 0 spiro atoms. The number of carbonyl (C=O) groups excluding carboxylic acids is 1. The maximum absolute atomic E-state index is 11.7. The normalized spacial score (nSPS) is 22.5. The van der Waals surface area contributed by atoms with E-state index < -0.39 is 0 Å². The number of hydrogen-bond acceptors (Lipinski definition) is 2. The van der Waals surface area contributed by atoms with E-state index in [0.29, 0.717) is 11.5 Å². The van der Waals surface area contributed by atoms with Crippen LogP contribution in [0.1, 0.15) is 43.2 Å². The van der Waals surface area contributed by atoms with E-state index in [4.69, 9.17) is 5.26 Å². The van der Waals surface area contributed by atoms with Crippen LogP contribution in [0.15, 0.2) is 24.4 Å². The molecule has 0 amide bonds. The minimum atomic E-state index is 0.143. The van der Waals surface area contributed by atoms with Gasteiger partial charge in [-0.05, 0) is 49.4 Å². The Balaban J connectivity index is 2.10. The number of nitrogens with zero attached hydrogens (tertiary/aromatic N) is 1. The molecule has 2 aromatic rings. The molecule has 1 fully saturated rings. The Morgan fingerprint density at radius 3 is 3.00 bits per heavy atom. The van der Waals surface area contributed by atoms with E-state index in [1.54, 1.807) is 6.92 Å². The smallest absolute Gasteiger partial charge is 0.133 e. The zero-order chi connectivity index (χ0) is 13.4. The van der Waals surface area contributed by atoms with E-state index in [1.165, 1.54) is 5.56 Å². The fourth-order valence-electron chi connectivity index (χ4n) is 3.34. The van der Waals surface area contributed by atoms with Crippen molar-refractivity contribution in [1.29, 1.82) is 5.26 Å². The number of H-pyrrole nitrogens is 1. The molecule has 0 radical (unpaired) electrons. The first kappa shape index (κ1) is 12.0. The Labute approximate surface area is 112 Å². The summed E-state index contributed by atoms with van der Waals surface area (Å²) in [4.78, 5) is 15.0. The summed E-state index contributed by atoms with van der Waals surface area (Å²) in [6.07, 6.45) is 5.18. The number of aromatic amines is 1. The highest BCUT2D eigenvalue weighted by Gasteiger charge is 2.33. The quantitative estimate of drug-likeness (QED) is 0.889. The number of aromatic nitrogens is 1. The van der Waals surface area contributed by atoms with Crippen molar-refractivity contribution < 1.29 is 4.79 Å². The van der Waals surface area contributed by atoms with Crippen molar-refractivity contribution in [3.05, 3.63) is 35.5 Å². The Morgan fingerprint density at radius 2 is 2.26 bits per heavy atom. The van der Waals surface area contributed by atoms with E-state index in [9.17, 15) is 4.79 Å². The molecule has 2 unspecified atom stereocenters. The van der Waals surface area contributed by atoms with Crippen LogP contribution in [-0.2, 0) is 4.79 Å². The van der Waals surface area contributed by atoms with Crippen LogP contribution in [0.5, 0.6) is 0 Å². The van der Waals surface area contributed by atoms with Gasteiger partial charge in [0.05, 0.1) is 11.6 Å². The summed E-state index contributed by atoms with van der Waals surface area (Å²) in [6, 6.07) is 7.87. The monoisotopic (exact) mass is 252 g/mol. The molecule has 96 valence electrons. The SMILES string of the molecule is CC(=O)C1CCCC1c1c[nH]c2ccc(C#N)cc12. The number of nitriles is 1. The van der Waals surface area contributed by atoms with Crippen LogP contribution in [0.4, 0.5) is 0 Å². The van der Waals surface area contributed by atoms with Crippen molar-refractivity contribution in [3.8, 4) is 6.07 Å². The predicted octanol–water partition coefficient (Wildman–Crippen LogP) is 3.51. The highest BCUT2D eigenvalue weighted by molar-refractivity contribution is 5.87. The molecule has 3 heteroatoms. The predicted molar refractivity (Wildman–Crippen MR) is 73.8 cm³/mol. The number of benzene rings is 1. The second-order valence-electron chi connectivity index (χ2n) is 5.37.